The first-order valence-corrected chi connectivity index (χ1v) is 5.32. The van der Waals surface area contributed by atoms with Crippen molar-refractivity contribution in [3.8, 4) is 0 Å². The molecule has 7 heteroatoms. The van der Waals surface area contributed by atoms with Crippen LogP contribution in [0.15, 0.2) is 30.6 Å². The largest absolute Gasteiger partial charge is 0.277 e. The van der Waals surface area contributed by atoms with E-state index in [2.05, 4.69) is 15.4 Å². The normalized spacial score (nSPS) is 10.3. The SMILES string of the molecule is CON(C)C(=O)c1cccc(Cn2ncnn2)c1. The van der Waals surface area contributed by atoms with Crippen LogP contribution in [0.4, 0.5) is 0 Å². The number of hydrogen-bond acceptors (Lipinski definition) is 5. The van der Waals surface area contributed by atoms with Gasteiger partial charge in [0.1, 0.15) is 0 Å². The number of tetrazole rings is 1. The molecule has 0 radical (unpaired) electrons. The highest BCUT2D eigenvalue weighted by atomic mass is 16.7. The van der Waals surface area contributed by atoms with Gasteiger partial charge in [0.2, 0.25) is 0 Å². The molecule has 0 atom stereocenters. The fourth-order valence-corrected chi connectivity index (χ4v) is 1.49. The lowest BCUT2D eigenvalue weighted by Crippen LogP contribution is -2.25. The van der Waals surface area contributed by atoms with E-state index in [9.17, 15) is 4.79 Å². The van der Waals surface area contributed by atoms with Gasteiger partial charge in [0.05, 0.1) is 13.7 Å². The Morgan fingerprint density at radius 1 is 1.50 bits per heavy atom. The summed E-state index contributed by atoms with van der Waals surface area (Å²) < 4.78 is 0. The third-order valence-corrected chi connectivity index (χ3v) is 2.45. The number of amides is 1. The van der Waals surface area contributed by atoms with E-state index in [1.807, 2.05) is 12.1 Å². The van der Waals surface area contributed by atoms with Crippen molar-refractivity contribution in [2.24, 2.45) is 0 Å². The van der Waals surface area contributed by atoms with Crippen molar-refractivity contribution >= 4 is 5.91 Å². The van der Waals surface area contributed by atoms with E-state index in [0.29, 0.717) is 12.1 Å². The van der Waals surface area contributed by atoms with Crippen LogP contribution >= 0.6 is 0 Å². The van der Waals surface area contributed by atoms with Crippen molar-refractivity contribution in [2.45, 2.75) is 6.54 Å². The molecule has 1 aromatic carbocycles. The molecule has 1 aromatic heterocycles. The number of benzene rings is 1. The second kappa shape index (κ2) is 5.37. The molecule has 94 valence electrons. The minimum absolute atomic E-state index is 0.203. The van der Waals surface area contributed by atoms with Gasteiger partial charge in [-0.15, -0.1) is 10.2 Å². The zero-order chi connectivity index (χ0) is 13.0. The third kappa shape index (κ3) is 2.69. The molecule has 18 heavy (non-hydrogen) atoms. The lowest BCUT2D eigenvalue weighted by Gasteiger charge is -2.13. The number of rotatable bonds is 4. The second-order valence-electron chi connectivity index (χ2n) is 3.65. The molecule has 0 aliphatic rings. The molecule has 0 saturated heterocycles. The molecule has 1 heterocycles. The molecule has 0 bridgehead atoms. The van der Waals surface area contributed by atoms with E-state index < -0.39 is 0 Å². The van der Waals surface area contributed by atoms with E-state index >= 15 is 0 Å². The van der Waals surface area contributed by atoms with Crippen LogP contribution in [0.3, 0.4) is 0 Å². The van der Waals surface area contributed by atoms with Crippen LogP contribution in [-0.4, -0.2) is 45.3 Å². The van der Waals surface area contributed by atoms with Gasteiger partial charge in [0.25, 0.3) is 5.91 Å². The van der Waals surface area contributed by atoms with Gasteiger partial charge in [-0.05, 0) is 22.9 Å². The molecule has 0 fully saturated rings. The predicted molar refractivity (Wildman–Crippen MR) is 62.5 cm³/mol. The predicted octanol–water partition coefficient (Wildman–Crippen LogP) is 0.355. The maximum absolute atomic E-state index is 11.9. The van der Waals surface area contributed by atoms with Crippen molar-refractivity contribution in [3.05, 3.63) is 41.7 Å². The Kier molecular flexibility index (Phi) is 3.63. The van der Waals surface area contributed by atoms with Gasteiger partial charge in [-0.2, -0.15) is 4.80 Å². The Morgan fingerprint density at radius 3 is 3.00 bits per heavy atom. The molecule has 0 aliphatic heterocycles. The average Bonchev–Trinajstić information content (AvgIpc) is 2.90. The average molecular weight is 247 g/mol. The summed E-state index contributed by atoms with van der Waals surface area (Å²) in [5, 5.41) is 12.5. The first-order valence-electron chi connectivity index (χ1n) is 5.32. The number of carbonyl (C=O) groups excluding carboxylic acids is 1. The number of nitrogens with zero attached hydrogens (tertiary/aromatic N) is 5. The Labute approximate surface area is 104 Å². The summed E-state index contributed by atoms with van der Waals surface area (Å²) in [5.41, 5.74) is 1.47. The Hall–Kier alpha value is -2.28. The van der Waals surface area contributed by atoms with E-state index in [0.717, 1.165) is 5.56 Å². The minimum atomic E-state index is -0.203. The number of hydroxylamine groups is 2. The van der Waals surface area contributed by atoms with Gasteiger partial charge in [-0.1, -0.05) is 12.1 Å². The zero-order valence-corrected chi connectivity index (χ0v) is 10.1. The van der Waals surface area contributed by atoms with Crippen molar-refractivity contribution < 1.29 is 9.63 Å². The van der Waals surface area contributed by atoms with Crippen molar-refractivity contribution in [3.63, 3.8) is 0 Å². The van der Waals surface area contributed by atoms with Crippen LogP contribution < -0.4 is 0 Å². The second-order valence-corrected chi connectivity index (χ2v) is 3.65. The molecule has 2 aromatic rings. The van der Waals surface area contributed by atoms with Crippen molar-refractivity contribution in [1.82, 2.24) is 25.3 Å². The molecular formula is C11H13N5O2. The smallest absolute Gasteiger partial charge is 0.274 e. The topological polar surface area (TPSA) is 73.1 Å². The first-order chi connectivity index (χ1) is 8.70. The summed E-state index contributed by atoms with van der Waals surface area (Å²) in [5.74, 6) is -0.203. The number of aromatic nitrogens is 4. The maximum atomic E-state index is 11.9. The molecule has 1 amide bonds. The minimum Gasteiger partial charge on any atom is -0.274 e. The molecule has 0 N–H and O–H groups in total. The van der Waals surface area contributed by atoms with Crippen LogP contribution in [0.25, 0.3) is 0 Å². The lowest BCUT2D eigenvalue weighted by molar-refractivity contribution is -0.0757. The number of carbonyl (C=O) groups is 1. The molecule has 0 spiro atoms. The summed E-state index contributed by atoms with van der Waals surface area (Å²) in [6.07, 6.45) is 1.37. The fourth-order valence-electron chi connectivity index (χ4n) is 1.49. The van der Waals surface area contributed by atoms with E-state index in [1.54, 1.807) is 19.2 Å². The van der Waals surface area contributed by atoms with Crippen LogP contribution in [0.5, 0.6) is 0 Å². The monoisotopic (exact) mass is 247 g/mol. The molecule has 0 saturated carbocycles. The summed E-state index contributed by atoms with van der Waals surface area (Å²) in [6.45, 7) is 0.470. The standard InChI is InChI=1S/C11H13N5O2/c1-15(18-2)11(17)10-5-3-4-9(6-10)7-16-13-8-12-14-16/h3-6,8H,7H2,1-2H3. The highest BCUT2D eigenvalue weighted by Crippen LogP contribution is 2.08. The van der Waals surface area contributed by atoms with Gasteiger partial charge in [0, 0.05) is 12.6 Å². The first kappa shape index (κ1) is 12.2. The number of hydrogen-bond donors (Lipinski definition) is 0. The molecule has 0 unspecified atom stereocenters. The van der Waals surface area contributed by atoms with Crippen LogP contribution in [-0.2, 0) is 11.4 Å². The van der Waals surface area contributed by atoms with E-state index in [1.165, 1.54) is 23.3 Å². The molecule has 0 aliphatic carbocycles. The van der Waals surface area contributed by atoms with E-state index in [-0.39, 0.29) is 5.91 Å². The van der Waals surface area contributed by atoms with Crippen LogP contribution in [0, 0.1) is 0 Å². The Bertz CT molecular complexity index is 526. The lowest BCUT2D eigenvalue weighted by atomic mass is 10.1. The van der Waals surface area contributed by atoms with Crippen LogP contribution in [0.1, 0.15) is 15.9 Å². The third-order valence-electron chi connectivity index (χ3n) is 2.45. The summed E-state index contributed by atoms with van der Waals surface area (Å²) in [7, 11) is 3.01. The summed E-state index contributed by atoms with van der Waals surface area (Å²) in [6, 6.07) is 7.22. The molecule has 7 nitrogen and oxygen atoms in total. The summed E-state index contributed by atoms with van der Waals surface area (Å²) in [4.78, 5) is 18.2. The van der Waals surface area contributed by atoms with Gasteiger partial charge in [0.15, 0.2) is 6.33 Å². The van der Waals surface area contributed by atoms with Gasteiger partial charge >= 0.3 is 0 Å². The molecular weight excluding hydrogens is 234 g/mol. The quantitative estimate of drug-likeness (QED) is 0.729. The van der Waals surface area contributed by atoms with E-state index in [4.69, 9.17) is 4.84 Å². The Balaban J connectivity index is 2.17. The molecule has 2 rings (SSSR count). The Morgan fingerprint density at radius 2 is 2.33 bits per heavy atom. The van der Waals surface area contributed by atoms with Gasteiger partial charge < -0.3 is 0 Å². The highest BCUT2D eigenvalue weighted by Gasteiger charge is 2.11. The van der Waals surface area contributed by atoms with Crippen molar-refractivity contribution in [2.75, 3.05) is 14.2 Å². The van der Waals surface area contributed by atoms with Gasteiger partial charge in [-0.3, -0.25) is 9.63 Å². The van der Waals surface area contributed by atoms with Gasteiger partial charge in [-0.25, -0.2) is 5.06 Å². The zero-order valence-electron chi connectivity index (χ0n) is 10.1. The summed E-state index contributed by atoms with van der Waals surface area (Å²) >= 11 is 0. The highest BCUT2D eigenvalue weighted by molar-refractivity contribution is 5.93. The van der Waals surface area contributed by atoms with Crippen LogP contribution in [0.2, 0.25) is 0 Å². The maximum Gasteiger partial charge on any atom is 0.277 e. The van der Waals surface area contributed by atoms with Crippen molar-refractivity contribution in [1.29, 1.82) is 0 Å². The fraction of sp³-hybridized carbons (Fsp3) is 0.273.